The van der Waals surface area contributed by atoms with Crippen molar-refractivity contribution in [1.29, 1.82) is 0 Å². The molecular weight excluding hydrogens is 375 g/mol. The standard InChI is InChI=1S/C20H22F3NO4/c1-18(2,17(27)28)19(7-5-15(25)10-19)16(26)24-8-6-12-3-4-14(20(21,22)23)9-13(12)11-24/h3-4,9H,5-8,10-11H2,1-2H3,(H,27,28). The number of carbonyl (C=O) groups is 3. The van der Waals surface area contributed by atoms with Gasteiger partial charge >= 0.3 is 12.1 Å². The number of carboxylic acid groups (broad SMARTS) is 1. The number of hydrogen-bond acceptors (Lipinski definition) is 3. The van der Waals surface area contributed by atoms with Gasteiger partial charge in [0, 0.05) is 25.9 Å². The van der Waals surface area contributed by atoms with Gasteiger partial charge in [0.05, 0.1) is 16.4 Å². The van der Waals surface area contributed by atoms with Crippen LogP contribution in [0.4, 0.5) is 13.2 Å². The minimum atomic E-state index is -4.48. The molecule has 1 fully saturated rings. The minimum Gasteiger partial charge on any atom is -0.481 e. The van der Waals surface area contributed by atoms with Gasteiger partial charge in [-0.05, 0) is 49.9 Å². The van der Waals surface area contributed by atoms with Crippen LogP contribution in [0.25, 0.3) is 0 Å². The van der Waals surface area contributed by atoms with Crippen LogP contribution in [-0.4, -0.2) is 34.2 Å². The van der Waals surface area contributed by atoms with Crippen LogP contribution in [0.2, 0.25) is 0 Å². The molecule has 0 saturated heterocycles. The average molecular weight is 397 g/mol. The predicted molar refractivity (Wildman–Crippen MR) is 93.3 cm³/mol. The highest BCUT2D eigenvalue weighted by molar-refractivity contribution is 5.97. The maximum atomic E-state index is 13.4. The molecule has 1 amide bonds. The molecule has 2 aliphatic rings. The van der Waals surface area contributed by atoms with E-state index in [-0.39, 0.29) is 38.1 Å². The summed E-state index contributed by atoms with van der Waals surface area (Å²) in [6, 6.07) is 3.50. The number of amides is 1. The van der Waals surface area contributed by atoms with Gasteiger partial charge in [-0.2, -0.15) is 13.2 Å². The van der Waals surface area contributed by atoms with Crippen LogP contribution < -0.4 is 0 Å². The molecule has 1 unspecified atom stereocenters. The van der Waals surface area contributed by atoms with Crippen LogP contribution in [-0.2, 0) is 33.5 Å². The van der Waals surface area contributed by atoms with Crippen molar-refractivity contribution in [3.8, 4) is 0 Å². The van der Waals surface area contributed by atoms with Gasteiger partial charge in [-0.1, -0.05) is 6.07 Å². The molecule has 5 nitrogen and oxygen atoms in total. The van der Waals surface area contributed by atoms with Crippen LogP contribution in [0.3, 0.4) is 0 Å². The van der Waals surface area contributed by atoms with E-state index in [1.165, 1.54) is 24.8 Å². The Morgan fingerprint density at radius 1 is 1.14 bits per heavy atom. The SMILES string of the molecule is CC(C)(C(=O)O)C1(C(=O)N2CCc3ccc(C(F)(F)F)cc3C2)CCC(=O)C1. The number of aliphatic carboxylic acids is 1. The van der Waals surface area contributed by atoms with Crippen LogP contribution in [0.15, 0.2) is 18.2 Å². The second-order valence-corrected chi connectivity index (χ2v) is 8.19. The molecule has 28 heavy (non-hydrogen) atoms. The molecule has 1 saturated carbocycles. The normalized spacial score (nSPS) is 22.9. The van der Waals surface area contributed by atoms with Crippen molar-refractivity contribution in [2.75, 3.05) is 6.54 Å². The Kier molecular flexibility index (Phi) is 4.80. The number of alkyl halides is 3. The number of fused-ring (bicyclic) bond motifs is 1. The highest BCUT2D eigenvalue weighted by Crippen LogP contribution is 2.52. The zero-order valence-electron chi connectivity index (χ0n) is 15.7. The number of rotatable bonds is 3. The van der Waals surface area contributed by atoms with Gasteiger partial charge in [0.1, 0.15) is 5.78 Å². The second kappa shape index (κ2) is 6.60. The monoisotopic (exact) mass is 397 g/mol. The Labute approximate surface area is 160 Å². The summed E-state index contributed by atoms with van der Waals surface area (Å²) in [5.74, 6) is -1.81. The zero-order valence-corrected chi connectivity index (χ0v) is 15.7. The molecule has 8 heteroatoms. The van der Waals surface area contributed by atoms with E-state index in [0.29, 0.717) is 12.0 Å². The summed E-state index contributed by atoms with van der Waals surface area (Å²) in [7, 11) is 0. The largest absolute Gasteiger partial charge is 0.481 e. The van der Waals surface area contributed by atoms with Gasteiger partial charge in [-0.15, -0.1) is 0 Å². The molecule has 1 aliphatic heterocycles. The number of benzene rings is 1. The molecule has 3 rings (SSSR count). The zero-order chi connectivity index (χ0) is 20.9. The van der Waals surface area contributed by atoms with Crippen molar-refractivity contribution in [2.45, 2.75) is 52.3 Å². The lowest BCUT2D eigenvalue weighted by Gasteiger charge is -2.43. The van der Waals surface area contributed by atoms with Gasteiger partial charge in [0.2, 0.25) is 5.91 Å². The van der Waals surface area contributed by atoms with Crippen LogP contribution in [0.1, 0.15) is 49.8 Å². The van der Waals surface area contributed by atoms with E-state index < -0.39 is 34.4 Å². The van der Waals surface area contributed by atoms with Gasteiger partial charge in [0.25, 0.3) is 0 Å². The maximum absolute atomic E-state index is 13.4. The summed E-state index contributed by atoms with van der Waals surface area (Å²) in [6.45, 7) is 3.13. The first-order valence-corrected chi connectivity index (χ1v) is 9.12. The van der Waals surface area contributed by atoms with E-state index in [2.05, 4.69) is 0 Å². The summed E-state index contributed by atoms with van der Waals surface area (Å²) in [5, 5.41) is 9.68. The average Bonchev–Trinajstić information content (AvgIpc) is 3.02. The lowest BCUT2D eigenvalue weighted by atomic mass is 9.63. The summed E-state index contributed by atoms with van der Waals surface area (Å²) in [4.78, 5) is 38.6. The van der Waals surface area contributed by atoms with Crippen molar-refractivity contribution < 1.29 is 32.7 Å². The Balaban J connectivity index is 1.94. The maximum Gasteiger partial charge on any atom is 0.416 e. The lowest BCUT2D eigenvalue weighted by Crippen LogP contribution is -2.54. The lowest BCUT2D eigenvalue weighted by molar-refractivity contribution is -0.167. The van der Waals surface area contributed by atoms with Gasteiger partial charge in [0.15, 0.2) is 0 Å². The number of ketones is 1. The third kappa shape index (κ3) is 3.18. The number of carbonyl (C=O) groups excluding carboxylic acids is 2. The summed E-state index contributed by atoms with van der Waals surface area (Å²) in [6.07, 6.45) is -3.99. The predicted octanol–water partition coefficient (Wildman–Crippen LogP) is 3.44. The molecule has 0 spiro atoms. The number of nitrogens with zero attached hydrogens (tertiary/aromatic N) is 1. The van der Waals surface area contributed by atoms with E-state index in [1.807, 2.05) is 0 Å². The molecular formula is C20H22F3NO4. The van der Waals surface area contributed by atoms with Crippen LogP contribution >= 0.6 is 0 Å². The first-order chi connectivity index (χ1) is 12.9. The van der Waals surface area contributed by atoms with Crippen LogP contribution in [0.5, 0.6) is 0 Å². The fourth-order valence-electron chi connectivity index (χ4n) is 4.26. The smallest absolute Gasteiger partial charge is 0.416 e. The Hall–Kier alpha value is -2.38. The Morgan fingerprint density at radius 3 is 2.36 bits per heavy atom. The fraction of sp³-hybridized carbons (Fsp3) is 0.550. The molecule has 1 atom stereocenters. The molecule has 152 valence electrons. The van der Waals surface area contributed by atoms with Crippen molar-refractivity contribution in [3.05, 3.63) is 34.9 Å². The van der Waals surface area contributed by atoms with Crippen molar-refractivity contribution in [2.24, 2.45) is 10.8 Å². The van der Waals surface area contributed by atoms with Crippen molar-refractivity contribution in [3.63, 3.8) is 0 Å². The quantitative estimate of drug-likeness (QED) is 0.848. The molecule has 0 aromatic heterocycles. The Morgan fingerprint density at radius 2 is 1.82 bits per heavy atom. The number of halogens is 3. The van der Waals surface area contributed by atoms with Gasteiger partial charge < -0.3 is 10.0 Å². The van der Waals surface area contributed by atoms with Crippen molar-refractivity contribution >= 4 is 17.7 Å². The molecule has 1 N–H and O–H groups in total. The molecule has 1 heterocycles. The molecule has 1 aromatic rings. The molecule has 1 aliphatic carbocycles. The molecule has 0 bridgehead atoms. The van der Waals surface area contributed by atoms with E-state index in [9.17, 15) is 32.7 Å². The van der Waals surface area contributed by atoms with E-state index >= 15 is 0 Å². The van der Waals surface area contributed by atoms with E-state index in [0.717, 1.165) is 17.7 Å². The third-order valence-corrected chi connectivity index (χ3v) is 6.30. The first kappa shape index (κ1) is 20.4. The van der Waals surface area contributed by atoms with Crippen molar-refractivity contribution in [1.82, 2.24) is 4.90 Å². The fourth-order valence-corrected chi connectivity index (χ4v) is 4.26. The second-order valence-electron chi connectivity index (χ2n) is 8.19. The highest BCUT2D eigenvalue weighted by atomic mass is 19.4. The van der Waals surface area contributed by atoms with E-state index in [4.69, 9.17) is 0 Å². The summed E-state index contributed by atoms with van der Waals surface area (Å²) < 4.78 is 39.1. The Bertz CT molecular complexity index is 846. The van der Waals surface area contributed by atoms with Gasteiger partial charge in [-0.3, -0.25) is 14.4 Å². The molecule has 0 radical (unpaired) electrons. The highest BCUT2D eigenvalue weighted by Gasteiger charge is 2.59. The third-order valence-electron chi connectivity index (χ3n) is 6.30. The van der Waals surface area contributed by atoms with E-state index in [1.54, 1.807) is 0 Å². The summed E-state index contributed by atoms with van der Waals surface area (Å²) in [5.41, 5.74) is -2.48. The first-order valence-electron chi connectivity index (χ1n) is 9.12. The minimum absolute atomic E-state index is 0.0241. The van der Waals surface area contributed by atoms with Crippen LogP contribution in [0, 0.1) is 10.8 Å². The topological polar surface area (TPSA) is 74.7 Å². The number of Topliss-reactive ketones (excluding diaryl/α,β-unsaturated/α-hetero) is 1. The summed E-state index contributed by atoms with van der Waals surface area (Å²) >= 11 is 0. The van der Waals surface area contributed by atoms with Gasteiger partial charge in [-0.25, -0.2) is 0 Å². The molecule has 1 aromatic carbocycles. The number of hydrogen-bond donors (Lipinski definition) is 1. The number of carboxylic acids is 1.